The predicted molar refractivity (Wildman–Crippen MR) is 139 cm³/mol. The van der Waals surface area contributed by atoms with E-state index < -0.39 is 0 Å². The first-order chi connectivity index (χ1) is 17.2. The molecule has 174 valence electrons. The van der Waals surface area contributed by atoms with Gasteiger partial charge in [-0.3, -0.25) is 4.79 Å². The molecule has 5 heteroatoms. The summed E-state index contributed by atoms with van der Waals surface area (Å²) in [7, 11) is 0. The van der Waals surface area contributed by atoms with Gasteiger partial charge in [0, 0.05) is 19.5 Å². The van der Waals surface area contributed by atoms with Gasteiger partial charge >= 0.3 is 0 Å². The van der Waals surface area contributed by atoms with E-state index in [4.69, 9.17) is 15.1 Å². The van der Waals surface area contributed by atoms with Crippen molar-refractivity contribution < 1.29 is 9.21 Å². The van der Waals surface area contributed by atoms with Crippen LogP contribution in [0.2, 0.25) is 0 Å². The number of nitrogens with zero attached hydrogens (tertiary/aromatic N) is 1. The monoisotopic (exact) mass is 461 g/mol. The number of amides is 1. The number of hydrogen-bond acceptors (Lipinski definition) is 4. The summed E-state index contributed by atoms with van der Waals surface area (Å²) < 4.78 is 5.97. The number of benzene rings is 4. The van der Waals surface area contributed by atoms with Crippen LogP contribution in [0.4, 0.5) is 0 Å². The molecule has 3 N–H and O–H groups in total. The van der Waals surface area contributed by atoms with Crippen molar-refractivity contribution in [1.82, 2.24) is 10.3 Å². The van der Waals surface area contributed by atoms with E-state index in [0.29, 0.717) is 31.8 Å². The van der Waals surface area contributed by atoms with Crippen LogP contribution in [-0.4, -0.2) is 10.9 Å². The molecule has 0 unspecified atom stereocenters. The summed E-state index contributed by atoms with van der Waals surface area (Å²) >= 11 is 0. The second-order valence-corrected chi connectivity index (χ2v) is 8.63. The molecule has 1 aromatic heterocycles. The highest BCUT2D eigenvalue weighted by Gasteiger charge is 2.09. The van der Waals surface area contributed by atoms with Gasteiger partial charge in [0.25, 0.3) is 0 Å². The first-order valence-corrected chi connectivity index (χ1v) is 11.7. The molecule has 0 bridgehead atoms. The Bertz CT molecular complexity index is 1440. The molecule has 0 fully saturated rings. The van der Waals surface area contributed by atoms with Crippen LogP contribution in [0.3, 0.4) is 0 Å². The van der Waals surface area contributed by atoms with E-state index in [2.05, 4.69) is 29.6 Å². The highest BCUT2D eigenvalue weighted by molar-refractivity contribution is 5.80. The highest BCUT2D eigenvalue weighted by Crippen LogP contribution is 2.25. The van der Waals surface area contributed by atoms with Crippen molar-refractivity contribution in [3.05, 3.63) is 125 Å². The van der Waals surface area contributed by atoms with Crippen LogP contribution < -0.4 is 11.1 Å². The number of aromatic nitrogens is 1. The average molecular weight is 462 g/mol. The lowest BCUT2D eigenvalue weighted by molar-refractivity contribution is -0.120. The van der Waals surface area contributed by atoms with Crippen LogP contribution in [-0.2, 0) is 30.7 Å². The van der Waals surface area contributed by atoms with Crippen molar-refractivity contribution in [2.45, 2.75) is 25.9 Å². The van der Waals surface area contributed by atoms with Gasteiger partial charge in [-0.15, -0.1) is 0 Å². The van der Waals surface area contributed by atoms with E-state index in [0.717, 1.165) is 44.5 Å². The zero-order valence-corrected chi connectivity index (χ0v) is 19.4. The van der Waals surface area contributed by atoms with Gasteiger partial charge in [0.1, 0.15) is 5.52 Å². The molecule has 4 aromatic carbocycles. The molecule has 0 atom stereocenters. The SMILES string of the molecule is NCc1cccc(CNC(=O)Cc2ccc(Cc3nc4cc(-c5ccccc5)ccc4o3)cc2)c1. The molecule has 5 aromatic rings. The smallest absolute Gasteiger partial charge is 0.224 e. The molecule has 0 saturated heterocycles. The molecule has 0 spiro atoms. The van der Waals surface area contributed by atoms with E-state index in [-0.39, 0.29) is 5.91 Å². The minimum absolute atomic E-state index is 0.0101. The average Bonchev–Trinajstić information content (AvgIpc) is 3.31. The normalized spacial score (nSPS) is 11.0. The summed E-state index contributed by atoms with van der Waals surface area (Å²) in [6.45, 7) is 0.987. The molecular formula is C30H27N3O2. The molecule has 0 aliphatic carbocycles. The summed E-state index contributed by atoms with van der Waals surface area (Å²) in [6, 6.07) is 32.3. The van der Waals surface area contributed by atoms with E-state index in [1.54, 1.807) is 0 Å². The molecule has 0 radical (unpaired) electrons. The summed E-state index contributed by atoms with van der Waals surface area (Å²) in [5.41, 5.74) is 13.8. The Balaban J connectivity index is 1.19. The number of carbonyl (C=O) groups excluding carboxylic acids is 1. The summed E-state index contributed by atoms with van der Waals surface area (Å²) in [5, 5.41) is 2.98. The van der Waals surface area contributed by atoms with E-state index in [9.17, 15) is 4.79 Å². The summed E-state index contributed by atoms with van der Waals surface area (Å²) in [4.78, 5) is 17.1. The van der Waals surface area contributed by atoms with Crippen molar-refractivity contribution in [2.24, 2.45) is 5.73 Å². The van der Waals surface area contributed by atoms with Gasteiger partial charge in [0.15, 0.2) is 11.5 Å². The summed E-state index contributed by atoms with van der Waals surface area (Å²) in [6.07, 6.45) is 0.932. The zero-order chi connectivity index (χ0) is 24.0. The number of nitrogens with one attached hydrogen (secondary N) is 1. The molecular weight excluding hydrogens is 434 g/mol. The second-order valence-electron chi connectivity index (χ2n) is 8.63. The molecule has 0 aliphatic heterocycles. The van der Waals surface area contributed by atoms with Crippen LogP contribution in [0.25, 0.3) is 22.2 Å². The quantitative estimate of drug-likeness (QED) is 0.324. The van der Waals surface area contributed by atoms with Crippen LogP contribution in [0.5, 0.6) is 0 Å². The fourth-order valence-electron chi connectivity index (χ4n) is 4.13. The predicted octanol–water partition coefficient (Wildman–Crippen LogP) is 5.40. The lowest BCUT2D eigenvalue weighted by Crippen LogP contribution is -2.24. The Labute approximate surface area is 204 Å². The molecule has 0 aliphatic rings. The maximum Gasteiger partial charge on any atom is 0.224 e. The van der Waals surface area contributed by atoms with Crippen molar-refractivity contribution >= 4 is 17.0 Å². The Morgan fingerprint density at radius 1 is 0.771 bits per heavy atom. The molecule has 35 heavy (non-hydrogen) atoms. The van der Waals surface area contributed by atoms with Gasteiger partial charge in [-0.05, 0) is 45.5 Å². The van der Waals surface area contributed by atoms with Crippen molar-refractivity contribution in [1.29, 1.82) is 0 Å². The van der Waals surface area contributed by atoms with Gasteiger partial charge < -0.3 is 15.5 Å². The number of oxazole rings is 1. The third-order valence-corrected chi connectivity index (χ3v) is 6.00. The Kier molecular flexibility index (Phi) is 6.68. The fourth-order valence-corrected chi connectivity index (χ4v) is 4.13. The number of carbonyl (C=O) groups is 1. The largest absolute Gasteiger partial charge is 0.440 e. The highest BCUT2D eigenvalue weighted by atomic mass is 16.3. The minimum atomic E-state index is -0.0101. The van der Waals surface area contributed by atoms with Crippen LogP contribution in [0, 0.1) is 0 Å². The van der Waals surface area contributed by atoms with Crippen molar-refractivity contribution in [3.8, 4) is 11.1 Å². The second kappa shape index (κ2) is 10.4. The van der Waals surface area contributed by atoms with Crippen LogP contribution in [0.15, 0.2) is 101 Å². The third-order valence-electron chi connectivity index (χ3n) is 6.00. The number of hydrogen-bond donors (Lipinski definition) is 2. The minimum Gasteiger partial charge on any atom is -0.440 e. The fraction of sp³-hybridized carbons (Fsp3) is 0.133. The van der Waals surface area contributed by atoms with Crippen molar-refractivity contribution in [2.75, 3.05) is 0 Å². The van der Waals surface area contributed by atoms with Crippen molar-refractivity contribution in [3.63, 3.8) is 0 Å². The number of rotatable bonds is 8. The van der Waals surface area contributed by atoms with E-state index >= 15 is 0 Å². The van der Waals surface area contributed by atoms with Crippen LogP contribution >= 0.6 is 0 Å². The van der Waals surface area contributed by atoms with Gasteiger partial charge in [-0.2, -0.15) is 0 Å². The molecule has 1 heterocycles. The van der Waals surface area contributed by atoms with E-state index in [1.807, 2.05) is 72.8 Å². The maximum atomic E-state index is 12.4. The lowest BCUT2D eigenvalue weighted by Gasteiger charge is -2.07. The first kappa shape index (κ1) is 22.6. The zero-order valence-electron chi connectivity index (χ0n) is 19.4. The maximum absolute atomic E-state index is 12.4. The molecule has 0 saturated carbocycles. The summed E-state index contributed by atoms with van der Waals surface area (Å²) in [5.74, 6) is 0.666. The molecule has 5 nitrogen and oxygen atoms in total. The number of fused-ring (bicyclic) bond motifs is 1. The van der Waals surface area contributed by atoms with Gasteiger partial charge in [0.2, 0.25) is 5.91 Å². The molecule has 1 amide bonds. The standard InChI is InChI=1S/C30H27N3O2/c31-19-23-5-4-6-24(15-23)20-32-29(34)16-21-9-11-22(12-10-21)17-30-33-27-18-26(13-14-28(27)35-30)25-7-2-1-3-8-25/h1-15,18H,16-17,19-20,31H2,(H,32,34). The van der Waals surface area contributed by atoms with Gasteiger partial charge in [-0.25, -0.2) is 4.98 Å². The Morgan fingerprint density at radius 2 is 1.54 bits per heavy atom. The molecule has 5 rings (SSSR count). The number of nitrogens with two attached hydrogens (primary N) is 1. The van der Waals surface area contributed by atoms with Crippen LogP contribution in [0.1, 0.15) is 28.1 Å². The van der Waals surface area contributed by atoms with Gasteiger partial charge in [0.05, 0.1) is 6.42 Å². The lowest BCUT2D eigenvalue weighted by atomic mass is 10.1. The van der Waals surface area contributed by atoms with E-state index in [1.165, 1.54) is 0 Å². The van der Waals surface area contributed by atoms with Gasteiger partial charge in [-0.1, -0.05) is 84.9 Å². The Hall–Kier alpha value is -4.22. The first-order valence-electron chi connectivity index (χ1n) is 11.7. The Morgan fingerprint density at radius 3 is 2.34 bits per heavy atom. The third kappa shape index (κ3) is 5.65. The topological polar surface area (TPSA) is 81.1 Å².